The van der Waals surface area contributed by atoms with E-state index in [9.17, 15) is 9.59 Å². The van der Waals surface area contributed by atoms with Gasteiger partial charge >= 0.3 is 11.8 Å². The number of hydrogen-bond acceptors (Lipinski definition) is 4. The van der Waals surface area contributed by atoms with E-state index in [0.717, 1.165) is 0 Å². The van der Waals surface area contributed by atoms with Gasteiger partial charge < -0.3 is 15.1 Å². The molecule has 1 N–H and O–H groups in total. The smallest absolute Gasteiger partial charge is 0.311 e. The zero-order valence-corrected chi connectivity index (χ0v) is 9.28. The summed E-state index contributed by atoms with van der Waals surface area (Å²) in [5, 5.41) is 10.4. The fraction of sp³-hybridized carbons (Fsp3) is 0.667. The minimum absolute atomic E-state index is 0.147. The van der Waals surface area contributed by atoms with E-state index in [1.165, 1.54) is 4.90 Å². The highest BCUT2D eigenvalue weighted by atomic mass is 16.2. The van der Waals surface area contributed by atoms with Gasteiger partial charge in [0.2, 0.25) is 0 Å². The van der Waals surface area contributed by atoms with Crippen LogP contribution >= 0.6 is 0 Å². The predicted octanol–water partition coefficient (Wildman–Crippen LogP) is -1.35. The molecule has 0 spiro atoms. The molecule has 0 saturated heterocycles. The van der Waals surface area contributed by atoms with E-state index in [-0.39, 0.29) is 6.54 Å². The number of likely N-dealkylation sites (N-methyl/N-ethyl adjacent to an activating group) is 2. The summed E-state index contributed by atoms with van der Waals surface area (Å²) in [6.45, 7) is 1.02. The summed E-state index contributed by atoms with van der Waals surface area (Å²) in [6, 6.07) is 1.73. The van der Waals surface area contributed by atoms with Crippen molar-refractivity contribution < 1.29 is 9.59 Å². The number of nitrogens with one attached hydrogen (secondary N) is 1. The van der Waals surface area contributed by atoms with Gasteiger partial charge in [-0.05, 0) is 14.1 Å². The zero-order chi connectivity index (χ0) is 11.8. The Bertz CT molecular complexity index is 270. The summed E-state index contributed by atoms with van der Waals surface area (Å²) in [7, 11) is 5.32. The van der Waals surface area contributed by atoms with E-state index < -0.39 is 11.8 Å². The maximum absolute atomic E-state index is 11.3. The first-order valence-electron chi connectivity index (χ1n) is 4.54. The maximum atomic E-state index is 11.3. The van der Waals surface area contributed by atoms with Gasteiger partial charge in [0.15, 0.2) is 0 Å². The third kappa shape index (κ3) is 5.65. The Balaban J connectivity index is 3.98. The van der Waals surface area contributed by atoms with Gasteiger partial charge in [-0.25, -0.2) is 0 Å². The Kier molecular flexibility index (Phi) is 6.06. The van der Waals surface area contributed by atoms with Crippen molar-refractivity contribution in [3.63, 3.8) is 0 Å². The molecule has 2 amide bonds. The van der Waals surface area contributed by atoms with E-state index in [1.807, 2.05) is 19.0 Å². The lowest BCUT2D eigenvalue weighted by Gasteiger charge is -2.18. The molecule has 0 saturated carbocycles. The number of nitriles is 1. The summed E-state index contributed by atoms with van der Waals surface area (Å²) in [6.07, 6.45) is 0. The van der Waals surface area contributed by atoms with Crippen molar-refractivity contribution in [2.24, 2.45) is 0 Å². The summed E-state index contributed by atoms with van der Waals surface area (Å²) in [5.41, 5.74) is 0. The van der Waals surface area contributed by atoms with E-state index in [2.05, 4.69) is 5.32 Å². The lowest BCUT2D eigenvalue weighted by Crippen LogP contribution is -2.43. The molecule has 0 aliphatic rings. The average molecular weight is 212 g/mol. The van der Waals surface area contributed by atoms with Crippen LogP contribution in [0.25, 0.3) is 0 Å². The summed E-state index contributed by atoms with van der Waals surface area (Å²) >= 11 is 0. The molecule has 0 bridgehead atoms. The summed E-state index contributed by atoms with van der Waals surface area (Å²) in [4.78, 5) is 25.7. The van der Waals surface area contributed by atoms with Gasteiger partial charge in [-0.15, -0.1) is 0 Å². The molecule has 0 aromatic rings. The number of carbonyl (C=O) groups excluding carboxylic acids is 2. The molecule has 0 aromatic carbocycles. The molecule has 0 heterocycles. The van der Waals surface area contributed by atoms with Crippen LogP contribution in [-0.2, 0) is 9.59 Å². The Morgan fingerprint density at radius 3 is 2.33 bits per heavy atom. The zero-order valence-electron chi connectivity index (χ0n) is 9.28. The second-order valence-electron chi connectivity index (χ2n) is 3.37. The van der Waals surface area contributed by atoms with Crippen molar-refractivity contribution in [3.05, 3.63) is 0 Å². The Morgan fingerprint density at radius 1 is 1.27 bits per heavy atom. The molecule has 84 valence electrons. The SMILES string of the molecule is CN(C)CCN(C)C(=O)C(=O)NCC#N. The summed E-state index contributed by atoms with van der Waals surface area (Å²) in [5.74, 6) is -1.36. The van der Waals surface area contributed by atoms with Crippen LogP contribution in [0, 0.1) is 11.3 Å². The molecule has 6 nitrogen and oxygen atoms in total. The minimum Gasteiger partial charge on any atom is -0.336 e. The van der Waals surface area contributed by atoms with E-state index in [0.29, 0.717) is 13.1 Å². The van der Waals surface area contributed by atoms with Gasteiger partial charge in [-0.3, -0.25) is 9.59 Å². The molecule has 0 radical (unpaired) electrons. The third-order valence-electron chi connectivity index (χ3n) is 1.75. The second-order valence-corrected chi connectivity index (χ2v) is 3.37. The van der Waals surface area contributed by atoms with Crippen LogP contribution in [-0.4, -0.2) is 62.4 Å². The van der Waals surface area contributed by atoms with Crippen molar-refractivity contribution in [2.45, 2.75) is 0 Å². The first-order chi connectivity index (χ1) is 6.99. The van der Waals surface area contributed by atoms with Gasteiger partial charge in [-0.2, -0.15) is 5.26 Å². The Hall–Kier alpha value is -1.61. The minimum atomic E-state index is -0.738. The standard InChI is InChI=1S/C9H16N4O2/c1-12(2)6-7-13(3)9(15)8(14)11-5-4-10/h5-7H2,1-3H3,(H,11,14). The molecule has 0 aromatic heterocycles. The number of rotatable bonds is 4. The number of carbonyl (C=O) groups is 2. The molecule has 0 rings (SSSR count). The highest BCUT2D eigenvalue weighted by Gasteiger charge is 2.17. The lowest BCUT2D eigenvalue weighted by molar-refractivity contribution is -0.144. The van der Waals surface area contributed by atoms with Crippen LogP contribution in [0.2, 0.25) is 0 Å². The van der Waals surface area contributed by atoms with Crippen LogP contribution in [0.1, 0.15) is 0 Å². The quantitative estimate of drug-likeness (QED) is 0.461. The van der Waals surface area contributed by atoms with Crippen molar-refractivity contribution in [3.8, 4) is 6.07 Å². The van der Waals surface area contributed by atoms with Crippen molar-refractivity contribution in [2.75, 3.05) is 40.8 Å². The summed E-state index contributed by atoms with van der Waals surface area (Å²) < 4.78 is 0. The highest BCUT2D eigenvalue weighted by molar-refractivity contribution is 6.34. The largest absolute Gasteiger partial charge is 0.336 e. The average Bonchev–Trinajstić information content (AvgIpc) is 2.21. The van der Waals surface area contributed by atoms with Crippen LogP contribution in [0.15, 0.2) is 0 Å². The van der Waals surface area contributed by atoms with Crippen molar-refractivity contribution in [1.29, 1.82) is 5.26 Å². The predicted molar refractivity (Wildman–Crippen MR) is 54.8 cm³/mol. The lowest BCUT2D eigenvalue weighted by atomic mass is 10.4. The van der Waals surface area contributed by atoms with Gasteiger partial charge in [0.1, 0.15) is 6.54 Å². The Morgan fingerprint density at radius 2 is 1.87 bits per heavy atom. The van der Waals surface area contributed by atoms with E-state index in [1.54, 1.807) is 13.1 Å². The van der Waals surface area contributed by atoms with Crippen LogP contribution < -0.4 is 5.32 Å². The normalized spacial score (nSPS) is 9.53. The molecule has 0 fully saturated rings. The Labute approximate surface area is 89.4 Å². The molecule has 0 aliphatic carbocycles. The number of hydrogen-bond donors (Lipinski definition) is 1. The fourth-order valence-corrected chi connectivity index (χ4v) is 0.820. The number of amides is 2. The molecule has 6 heteroatoms. The monoisotopic (exact) mass is 212 g/mol. The van der Waals surface area contributed by atoms with E-state index >= 15 is 0 Å². The van der Waals surface area contributed by atoms with Crippen molar-refractivity contribution >= 4 is 11.8 Å². The van der Waals surface area contributed by atoms with Gasteiger partial charge in [0.05, 0.1) is 6.07 Å². The van der Waals surface area contributed by atoms with E-state index in [4.69, 9.17) is 5.26 Å². The fourth-order valence-electron chi connectivity index (χ4n) is 0.820. The van der Waals surface area contributed by atoms with Gasteiger partial charge in [0, 0.05) is 20.1 Å². The highest BCUT2D eigenvalue weighted by Crippen LogP contribution is 1.86. The van der Waals surface area contributed by atoms with Crippen LogP contribution in [0.4, 0.5) is 0 Å². The maximum Gasteiger partial charge on any atom is 0.311 e. The molecule has 0 unspecified atom stereocenters. The molecule has 15 heavy (non-hydrogen) atoms. The molecule has 0 atom stereocenters. The number of nitrogens with zero attached hydrogens (tertiary/aromatic N) is 3. The van der Waals surface area contributed by atoms with Crippen LogP contribution in [0.5, 0.6) is 0 Å². The van der Waals surface area contributed by atoms with Gasteiger partial charge in [0.25, 0.3) is 0 Å². The third-order valence-corrected chi connectivity index (χ3v) is 1.75. The molecular formula is C9H16N4O2. The van der Waals surface area contributed by atoms with Crippen molar-refractivity contribution in [1.82, 2.24) is 15.1 Å². The van der Waals surface area contributed by atoms with Crippen LogP contribution in [0.3, 0.4) is 0 Å². The molecule has 0 aliphatic heterocycles. The first-order valence-corrected chi connectivity index (χ1v) is 4.54. The molecular weight excluding hydrogens is 196 g/mol. The first kappa shape index (κ1) is 13.4. The second kappa shape index (κ2) is 6.79. The topological polar surface area (TPSA) is 76.4 Å². The van der Waals surface area contributed by atoms with Gasteiger partial charge in [-0.1, -0.05) is 0 Å².